The predicted molar refractivity (Wildman–Crippen MR) is 63.3 cm³/mol. The van der Waals surface area contributed by atoms with E-state index in [2.05, 4.69) is 15.0 Å². The average Bonchev–Trinajstić information content (AvgIpc) is 2.86. The number of aryl methyl sites for hydroxylation is 1. The summed E-state index contributed by atoms with van der Waals surface area (Å²) in [6, 6.07) is 2.26. The third kappa shape index (κ3) is 1.36. The standard InChI is InChI=1S/C11H15N5/c1-15-10-2-4-13-11(9(10)6-14-15)16-5-3-8(12)7-16/h2,4,6,8H,3,5,7,12H2,1H3. The van der Waals surface area contributed by atoms with Crippen LogP contribution in [0.25, 0.3) is 10.9 Å². The second-order valence-electron chi connectivity index (χ2n) is 4.33. The first-order chi connectivity index (χ1) is 7.75. The van der Waals surface area contributed by atoms with Crippen LogP contribution in [-0.2, 0) is 7.05 Å². The first kappa shape index (κ1) is 9.59. The van der Waals surface area contributed by atoms with Crippen LogP contribution in [-0.4, -0.2) is 33.9 Å². The molecule has 1 saturated heterocycles. The van der Waals surface area contributed by atoms with Gasteiger partial charge in [-0.05, 0) is 12.5 Å². The number of nitrogens with zero attached hydrogens (tertiary/aromatic N) is 4. The van der Waals surface area contributed by atoms with E-state index < -0.39 is 0 Å². The van der Waals surface area contributed by atoms with E-state index in [0.29, 0.717) is 0 Å². The van der Waals surface area contributed by atoms with Crippen molar-refractivity contribution in [3.63, 3.8) is 0 Å². The molecule has 0 saturated carbocycles. The second kappa shape index (κ2) is 3.45. The molecule has 2 aromatic heterocycles. The van der Waals surface area contributed by atoms with Gasteiger partial charge in [-0.2, -0.15) is 5.10 Å². The Morgan fingerprint density at radius 1 is 1.50 bits per heavy atom. The molecule has 0 amide bonds. The molecule has 3 rings (SSSR count). The summed E-state index contributed by atoms with van der Waals surface area (Å²) in [5, 5.41) is 5.38. The summed E-state index contributed by atoms with van der Waals surface area (Å²) >= 11 is 0. The molecule has 84 valence electrons. The van der Waals surface area contributed by atoms with Gasteiger partial charge in [0.05, 0.1) is 17.1 Å². The summed E-state index contributed by atoms with van der Waals surface area (Å²) < 4.78 is 1.87. The Balaban J connectivity index is 2.09. The van der Waals surface area contributed by atoms with E-state index in [9.17, 15) is 0 Å². The lowest BCUT2D eigenvalue weighted by molar-refractivity contribution is 0.751. The summed E-state index contributed by atoms with van der Waals surface area (Å²) in [7, 11) is 1.95. The maximum Gasteiger partial charge on any atom is 0.139 e. The highest BCUT2D eigenvalue weighted by atomic mass is 15.3. The first-order valence-corrected chi connectivity index (χ1v) is 5.53. The van der Waals surface area contributed by atoms with Crippen LogP contribution < -0.4 is 10.6 Å². The number of fused-ring (bicyclic) bond motifs is 1. The van der Waals surface area contributed by atoms with Crippen LogP contribution in [0.15, 0.2) is 18.5 Å². The lowest BCUT2D eigenvalue weighted by Gasteiger charge is -2.17. The van der Waals surface area contributed by atoms with Gasteiger partial charge in [-0.3, -0.25) is 4.68 Å². The molecule has 0 aromatic carbocycles. The van der Waals surface area contributed by atoms with Crippen molar-refractivity contribution in [2.75, 3.05) is 18.0 Å². The van der Waals surface area contributed by atoms with Gasteiger partial charge in [0.2, 0.25) is 0 Å². The van der Waals surface area contributed by atoms with Crippen LogP contribution in [0.2, 0.25) is 0 Å². The van der Waals surface area contributed by atoms with Crippen molar-refractivity contribution in [3.05, 3.63) is 18.5 Å². The molecule has 1 unspecified atom stereocenters. The topological polar surface area (TPSA) is 60.0 Å². The fraction of sp³-hybridized carbons (Fsp3) is 0.455. The molecule has 0 aliphatic carbocycles. The third-order valence-corrected chi connectivity index (χ3v) is 3.18. The van der Waals surface area contributed by atoms with Gasteiger partial charge in [-0.1, -0.05) is 0 Å². The van der Waals surface area contributed by atoms with Crippen LogP contribution in [0, 0.1) is 0 Å². The molecule has 3 heterocycles. The van der Waals surface area contributed by atoms with Gasteiger partial charge in [0.1, 0.15) is 5.82 Å². The number of hydrogen-bond donors (Lipinski definition) is 1. The molecular weight excluding hydrogens is 202 g/mol. The zero-order valence-electron chi connectivity index (χ0n) is 9.30. The lowest BCUT2D eigenvalue weighted by Crippen LogP contribution is -2.26. The molecule has 5 nitrogen and oxygen atoms in total. The number of pyridine rings is 1. The van der Waals surface area contributed by atoms with E-state index in [1.165, 1.54) is 0 Å². The average molecular weight is 217 g/mol. The Kier molecular flexibility index (Phi) is 2.07. The van der Waals surface area contributed by atoms with E-state index in [1.54, 1.807) is 0 Å². The van der Waals surface area contributed by atoms with Gasteiger partial charge >= 0.3 is 0 Å². The van der Waals surface area contributed by atoms with Crippen molar-refractivity contribution in [1.82, 2.24) is 14.8 Å². The Labute approximate surface area is 93.9 Å². The summed E-state index contributed by atoms with van der Waals surface area (Å²) in [6.07, 6.45) is 4.75. The largest absolute Gasteiger partial charge is 0.354 e. The molecule has 1 fully saturated rings. The summed E-state index contributed by atoms with van der Waals surface area (Å²) in [5.74, 6) is 1.01. The van der Waals surface area contributed by atoms with E-state index in [-0.39, 0.29) is 6.04 Å². The molecule has 0 spiro atoms. The SMILES string of the molecule is Cn1ncc2c(N3CCC(N)C3)nccc21. The summed E-state index contributed by atoms with van der Waals surface area (Å²) in [5.41, 5.74) is 7.04. The Morgan fingerprint density at radius 3 is 3.12 bits per heavy atom. The predicted octanol–water partition coefficient (Wildman–Crippen LogP) is 0.506. The highest BCUT2D eigenvalue weighted by Gasteiger charge is 2.22. The Hall–Kier alpha value is -1.62. The Morgan fingerprint density at radius 2 is 2.38 bits per heavy atom. The second-order valence-corrected chi connectivity index (χ2v) is 4.33. The van der Waals surface area contributed by atoms with Gasteiger partial charge in [-0.25, -0.2) is 4.98 Å². The van der Waals surface area contributed by atoms with Crippen LogP contribution in [0.3, 0.4) is 0 Å². The first-order valence-electron chi connectivity index (χ1n) is 5.53. The van der Waals surface area contributed by atoms with E-state index in [4.69, 9.17) is 5.73 Å². The molecule has 5 heteroatoms. The van der Waals surface area contributed by atoms with Crippen LogP contribution in [0.4, 0.5) is 5.82 Å². The summed E-state index contributed by atoms with van der Waals surface area (Å²) in [6.45, 7) is 1.88. The third-order valence-electron chi connectivity index (χ3n) is 3.18. The highest BCUT2D eigenvalue weighted by Crippen LogP contribution is 2.26. The molecule has 0 radical (unpaired) electrons. The molecule has 1 atom stereocenters. The zero-order chi connectivity index (χ0) is 11.1. The fourth-order valence-electron chi connectivity index (χ4n) is 2.30. The van der Waals surface area contributed by atoms with Gasteiger partial charge in [0, 0.05) is 32.4 Å². The highest BCUT2D eigenvalue weighted by molar-refractivity contribution is 5.89. The van der Waals surface area contributed by atoms with E-state index in [1.807, 2.05) is 30.2 Å². The minimum absolute atomic E-state index is 0.272. The molecule has 1 aliphatic heterocycles. The van der Waals surface area contributed by atoms with Crippen molar-refractivity contribution in [2.24, 2.45) is 12.8 Å². The molecule has 0 bridgehead atoms. The number of rotatable bonds is 1. The Bertz CT molecular complexity index is 518. The molecule has 16 heavy (non-hydrogen) atoms. The van der Waals surface area contributed by atoms with Crippen molar-refractivity contribution in [2.45, 2.75) is 12.5 Å². The fourth-order valence-corrected chi connectivity index (χ4v) is 2.30. The molecule has 2 N–H and O–H groups in total. The number of hydrogen-bond acceptors (Lipinski definition) is 4. The monoisotopic (exact) mass is 217 g/mol. The van der Waals surface area contributed by atoms with Gasteiger partial charge in [0.15, 0.2) is 0 Å². The van der Waals surface area contributed by atoms with Crippen LogP contribution in [0.5, 0.6) is 0 Å². The van der Waals surface area contributed by atoms with Crippen molar-refractivity contribution in [3.8, 4) is 0 Å². The molecular formula is C11H15N5. The van der Waals surface area contributed by atoms with Crippen LogP contribution >= 0.6 is 0 Å². The van der Waals surface area contributed by atoms with Crippen LogP contribution in [0.1, 0.15) is 6.42 Å². The molecule has 2 aromatic rings. The number of nitrogens with two attached hydrogens (primary N) is 1. The van der Waals surface area contributed by atoms with Crippen molar-refractivity contribution < 1.29 is 0 Å². The maximum atomic E-state index is 5.92. The quantitative estimate of drug-likeness (QED) is 0.756. The minimum atomic E-state index is 0.272. The number of anilines is 1. The maximum absolute atomic E-state index is 5.92. The van der Waals surface area contributed by atoms with Crippen molar-refractivity contribution >= 4 is 16.7 Å². The number of aromatic nitrogens is 3. The summed E-state index contributed by atoms with van der Waals surface area (Å²) in [4.78, 5) is 6.70. The zero-order valence-corrected chi connectivity index (χ0v) is 9.30. The van der Waals surface area contributed by atoms with Gasteiger partial charge in [-0.15, -0.1) is 0 Å². The normalized spacial score (nSPS) is 20.9. The minimum Gasteiger partial charge on any atom is -0.354 e. The molecule has 1 aliphatic rings. The van der Waals surface area contributed by atoms with Gasteiger partial charge in [0.25, 0.3) is 0 Å². The van der Waals surface area contributed by atoms with E-state index in [0.717, 1.165) is 36.2 Å². The lowest BCUT2D eigenvalue weighted by atomic mass is 10.3. The smallest absolute Gasteiger partial charge is 0.139 e. The van der Waals surface area contributed by atoms with E-state index >= 15 is 0 Å². The van der Waals surface area contributed by atoms with Gasteiger partial charge < -0.3 is 10.6 Å². The van der Waals surface area contributed by atoms with Crippen molar-refractivity contribution in [1.29, 1.82) is 0 Å².